The largest absolute Gasteiger partial charge is 0.481 e. The van der Waals surface area contributed by atoms with Gasteiger partial charge in [0.25, 0.3) is 0 Å². The molecule has 1 fully saturated rings. The Labute approximate surface area is 132 Å². The van der Waals surface area contributed by atoms with Crippen molar-refractivity contribution in [2.75, 3.05) is 26.7 Å². The smallest absolute Gasteiger partial charge is 0.308 e. The number of carbonyl (C=O) groups is 3. The van der Waals surface area contributed by atoms with Crippen molar-refractivity contribution in [1.29, 1.82) is 0 Å². The van der Waals surface area contributed by atoms with Crippen LogP contribution in [0.1, 0.15) is 40.0 Å². The van der Waals surface area contributed by atoms with Gasteiger partial charge in [-0.25, -0.2) is 0 Å². The van der Waals surface area contributed by atoms with Crippen LogP contribution in [0.15, 0.2) is 0 Å². The molecule has 0 saturated carbocycles. The van der Waals surface area contributed by atoms with Gasteiger partial charge >= 0.3 is 5.97 Å². The Kier molecular flexibility index (Phi) is 6.84. The Morgan fingerprint density at radius 3 is 2.50 bits per heavy atom. The first kappa shape index (κ1) is 18.5. The van der Waals surface area contributed by atoms with Gasteiger partial charge in [0.05, 0.1) is 12.5 Å². The highest BCUT2D eigenvalue weighted by Crippen LogP contribution is 2.19. The normalized spacial score (nSPS) is 21.1. The van der Waals surface area contributed by atoms with Gasteiger partial charge in [0.15, 0.2) is 0 Å². The lowest BCUT2D eigenvalue weighted by molar-refractivity contribution is -0.148. The zero-order chi connectivity index (χ0) is 16.9. The molecule has 0 bridgehead atoms. The molecule has 3 unspecified atom stereocenters. The van der Waals surface area contributed by atoms with Crippen LogP contribution in [-0.2, 0) is 14.4 Å². The zero-order valence-electron chi connectivity index (χ0n) is 14.0. The molecule has 22 heavy (non-hydrogen) atoms. The topological polar surface area (TPSA) is 77.9 Å². The summed E-state index contributed by atoms with van der Waals surface area (Å²) in [6.45, 7) is 6.80. The molecule has 2 amide bonds. The van der Waals surface area contributed by atoms with E-state index in [-0.39, 0.29) is 36.7 Å². The van der Waals surface area contributed by atoms with E-state index in [2.05, 4.69) is 0 Å². The van der Waals surface area contributed by atoms with E-state index in [9.17, 15) is 14.4 Å². The number of aliphatic carboxylic acids is 1. The molecule has 1 aliphatic rings. The summed E-state index contributed by atoms with van der Waals surface area (Å²) in [5, 5.41) is 9.07. The van der Waals surface area contributed by atoms with Gasteiger partial charge in [-0.1, -0.05) is 27.2 Å². The van der Waals surface area contributed by atoms with Crippen molar-refractivity contribution < 1.29 is 19.5 Å². The molecule has 1 heterocycles. The van der Waals surface area contributed by atoms with Crippen molar-refractivity contribution in [3.05, 3.63) is 0 Å². The minimum absolute atomic E-state index is 0.0198. The second kappa shape index (κ2) is 8.15. The molecular weight excluding hydrogens is 284 g/mol. The Morgan fingerprint density at radius 1 is 1.32 bits per heavy atom. The summed E-state index contributed by atoms with van der Waals surface area (Å²) < 4.78 is 0. The highest BCUT2D eigenvalue weighted by Gasteiger charge is 2.30. The number of likely N-dealkylation sites (N-methyl/N-ethyl adjacent to an activating group) is 1. The maximum Gasteiger partial charge on any atom is 0.308 e. The van der Waals surface area contributed by atoms with Crippen LogP contribution < -0.4 is 0 Å². The van der Waals surface area contributed by atoms with Crippen LogP contribution in [0.25, 0.3) is 0 Å². The molecule has 1 rings (SSSR count). The molecule has 0 spiro atoms. The SMILES string of the molecule is CCC(C)C(C)C(=O)N(C)CC(=O)N1CCCC(C(=O)O)C1. The average molecular weight is 312 g/mol. The molecule has 0 aromatic carbocycles. The van der Waals surface area contributed by atoms with Crippen LogP contribution in [0.2, 0.25) is 0 Å². The maximum atomic E-state index is 12.3. The van der Waals surface area contributed by atoms with Gasteiger partial charge in [0.1, 0.15) is 0 Å². The van der Waals surface area contributed by atoms with E-state index in [4.69, 9.17) is 5.11 Å². The predicted octanol–water partition coefficient (Wildman–Crippen LogP) is 1.45. The number of nitrogens with zero attached hydrogens (tertiary/aromatic N) is 2. The fourth-order valence-corrected chi connectivity index (χ4v) is 2.73. The van der Waals surface area contributed by atoms with Crippen LogP contribution >= 0.6 is 0 Å². The van der Waals surface area contributed by atoms with Gasteiger partial charge < -0.3 is 14.9 Å². The van der Waals surface area contributed by atoms with Crippen LogP contribution in [0.5, 0.6) is 0 Å². The Balaban J connectivity index is 2.56. The molecule has 1 N–H and O–H groups in total. The lowest BCUT2D eigenvalue weighted by Crippen LogP contribution is -2.47. The lowest BCUT2D eigenvalue weighted by Gasteiger charge is -2.32. The third kappa shape index (κ3) is 4.71. The summed E-state index contributed by atoms with van der Waals surface area (Å²) in [6, 6.07) is 0. The van der Waals surface area contributed by atoms with Gasteiger partial charge in [-0.3, -0.25) is 14.4 Å². The first-order valence-electron chi connectivity index (χ1n) is 8.03. The van der Waals surface area contributed by atoms with Crippen molar-refractivity contribution >= 4 is 17.8 Å². The second-order valence-electron chi connectivity index (χ2n) is 6.39. The number of hydrogen-bond acceptors (Lipinski definition) is 3. The molecule has 3 atom stereocenters. The van der Waals surface area contributed by atoms with Gasteiger partial charge in [0.2, 0.25) is 11.8 Å². The number of carboxylic acids is 1. The van der Waals surface area contributed by atoms with E-state index >= 15 is 0 Å². The molecule has 0 aromatic rings. The second-order valence-corrected chi connectivity index (χ2v) is 6.39. The number of likely N-dealkylation sites (tertiary alicyclic amines) is 1. The van der Waals surface area contributed by atoms with Crippen LogP contribution in [0.4, 0.5) is 0 Å². The fourth-order valence-electron chi connectivity index (χ4n) is 2.73. The van der Waals surface area contributed by atoms with E-state index in [1.54, 1.807) is 11.9 Å². The molecule has 6 heteroatoms. The summed E-state index contributed by atoms with van der Waals surface area (Å²) in [4.78, 5) is 38.7. The third-order valence-corrected chi connectivity index (χ3v) is 4.76. The summed E-state index contributed by atoms with van der Waals surface area (Å²) >= 11 is 0. The van der Waals surface area contributed by atoms with Gasteiger partial charge in [-0.15, -0.1) is 0 Å². The number of amides is 2. The molecule has 6 nitrogen and oxygen atoms in total. The summed E-state index contributed by atoms with van der Waals surface area (Å²) in [7, 11) is 1.64. The first-order chi connectivity index (χ1) is 10.3. The first-order valence-corrected chi connectivity index (χ1v) is 8.03. The van der Waals surface area contributed by atoms with E-state index in [0.717, 1.165) is 6.42 Å². The average Bonchev–Trinajstić information content (AvgIpc) is 2.52. The number of carboxylic acid groups (broad SMARTS) is 1. The molecular formula is C16H28N2O4. The summed E-state index contributed by atoms with van der Waals surface area (Å²) in [6.07, 6.45) is 2.23. The van der Waals surface area contributed by atoms with E-state index < -0.39 is 11.9 Å². The van der Waals surface area contributed by atoms with Crippen molar-refractivity contribution in [1.82, 2.24) is 9.80 Å². The number of carbonyl (C=O) groups excluding carboxylic acids is 2. The Bertz CT molecular complexity index is 424. The van der Waals surface area contributed by atoms with E-state index in [1.165, 1.54) is 4.90 Å². The Morgan fingerprint density at radius 2 is 1.95 bits per heavy atom. The lowest BCUT2D eigenvalue weighted by atomic mass is 9.92. The molecule has 0 radical (unpaired) electrons. The van der Waals surface area contributed by atoms with Gasteiger partial charge in [-0.2, -0.15) is 0 Å². The Hall–Kier alpha value is -1.59. The van der Waals surface area contributed by atoms with E-state index in [1.807, 2.05) is 20.8 Å². The van der Waals surface area contributed by atoms with Crippen molar-refractivity contribution in [3.63, 3.8) is 0 Å². The van der Waals surface area contributed by atoms with E-state index in [0.29, 0.717) is 19.4 Å². The summed E-state index contributed by atoms with van der Waals surface area (Å²) in [5.41, 5.74) is 0. The maximum absolute atomic E-state index is 12.3. The third-order valence-electron chi connectivity index (χ3n) is 4.76. The van der Waals surface area contributed by atoms with Crippen molar-refractivity contribution in [2.24, 2.45) is 17.8 Å². The van der Waals surface area contributed by atoms with Crippen LogP contribution in [0.3, 0.4) is 0 Å². The molecule has 0 aromatic heterocycles. The van der Waals surface area contributed by atoms with Crippen molar-refractivity contribution in [3.8, 4) is 0 Å². The zero-order valence-corrected chi connectivity index (χ0v) is 14.0. The number of piperidine rings is 1. The minimum atomic E-state index is -0.854. The number of rotatable bonds is 6. The standard InChI is InChI=1S/C16H28N2O4/c1-5-11(2)12(3)15(20)17(4)10-14(19)18-8-6-7-13(9-18)16(21)22/h11-13H,5-10H2,1-4H3,(H,21,22). The molecule has 0 aliphatic carbocycles. The molecule has 126 valence electrons. The predicted molar refractivity (Wildman–Crippen MR) is 83.2 cm³/mol. The highest BCUT2D eigenvalue weighted by molar-refractivity contribution is 5.86. The van der Waals surface area contributed by atoms with Crippen LogP contribution in [0, 0.1) is 17.8 Å². The molecule has 1 saturated heterocycles. The summed E-state index contributed by atoms with van der Waals surface area (Å²) in [5.74, 6) is -1.38. The monoisotopic (exact) mass is 312 g/mol. The molecule has 1 aliphatic heterocycles. The number of hydrogen-bond donors (Lipinski definition) is 1. The highest BCUT2D eigenvalue weighted by atomic mass is 16.4. The van der Waals surface area contributed by atoms with Gasteiger partial charge in [-0.05, 0) is 18.8 Å². The van der Waals surface area contributed by atoms with Crippen LogP contribution in [-0.4, -0.2) is 59.4 Å². The quantitative estimate of drug-likeness (QED) is 0.805. The van der Waals surface area contributed by atoms with Crippen molar-refractivity contribution in [2.45, 2.75) is 40.0 Å². The minimum Gasteiger partial charge on any atom is -0.481 e. The fraction of sp³-hybridized carbons (Fsp3) is 0.812. The van der Waals surface area contributed by atoms with Gasteiger partial charge in [0, 0.05) is 26.1 Å².